The zero-order valence-corrected chi connectivity index (χ0v) is 29.8. The molecule has 4 heterocycles. The van der Waals surface area contributed by atoms with Crippen molar-refractivity contribution in [2.75, 3.05) is 13.2 Å². The Hall–Kier alpha value is -4.20. The molecule has 8 heteroatoms. The van der Waals surface area contributed by atoms with E-state index >= 15 is 0 Å². The zero-order chi connectivity index (χ0) is 34.9. The summed E-state index contributed by atoms with van der Waals surface area (Å²) in [6.45, 7) is 16.9. The van der Waals surface area contributed by atoms with Gasteiger partial charge in [-0.1, -0.05) is 38.1 Å². The summed E-state index contributed by atoms with van der Waals surface area (Å²) in [5.74, 6) is -1.23. The molecule has 0 saturated heterocycles. The van der Waals surface area contributed by atoms with Gasteiger partial charge in [0.05, 0.1) is 25.3 Å². The molecule has 0 spiro atoms. The van der Waals surface area contributed by atoms with Crippen LogP contribution in [0.4, 0.5) is 0 Å². The number of carbonyl (C=O) groups is 4. The Labute approximate surface area is 285 Å². The van der Waals surface area contributed by atoms with Crippen LogP contribution in [0.1, 0.15) is 110 Å². The number of fused-ring (bicyclic) bond motifs is 6. The molecule has 0 aliphatic carbocycles. The molecule has 0 radical (unpaired) electrons. The lowest BCUT2D eigenvalue weighted by atomic mass is 9.80. The number of hydrogen-bond acceptors (Lipinski definition) is 8. The fraction of sp³-hybridized carbons (Fsp3) is 0.500. The molecule has 4 aliphatic heterocycles. The van der Waals surface area contributed by atoms with Crippen LogP contribution in [0.3, 0.4) is 0 Å². The first kappa shape index (κ1) is 35.1. The van der Waals surface area contributed by atoms with Crippen LogP contribution in [-0.2, 0) is 41.5 Å². The highest BCUT2D eigenvalue weighted by molar-refractivity contribution is 6.18. The lowest BCUT2D eigenvalue weighted by molar-refractivity contribution is -0.142. The van der Waals surface area contributed by atoms with Crippen molar-refractivity contribution in [1.82, 2.24) is 9.80 Å². The maximum absolute atomic E-state index is 12.5. The van der Waals surface area contributed by atoms with Gasteiger partial charge in [0.1, 0.15) is 11.1 Å². The summed E-state index contributed by atoms with van der Waals surface area (Å²) in [6, 6.07) is 9.44. The van der Waals surface area contributed by atoms with Crippen LogP contribution >= 0.6 is 0 Å². The first-order valence-electron chi connectivity index (χ1n) is 17.5. The molecule has 0 bridgehead atoms. The highest BCUT2D eigenvalue weighted by Gasteiger charge is 2.41. The summed E-state index contributed by atoms with van der Waals surface area (Å²) in [6.07, 6.45) is 8.05. The van der Waals surface area contributed by atoms with Crippen LogP contribution in [-0.4, -0.2) is 58.6 Å². The predicted molar refractivity (Wildman–Crippen MR) is 185 cm³/mol. The Balaban J connectivity index is 0.000000188. The number of ketones is 2. The van der Waals surface area contributed by atoms with Crippen molar-refractivity contribution in [3.8, 4) is 0 Å². The average Bonchev–Trinajstić information content (AvgIpc) is 3.06. The van der Waals surface area contributed by atoms with Crippen LogP contribution in [0.25, 0.3) is 0 Å². The third kappa shape index (κ3) is 6.58. The molecule has 0 fully saturated rings. The molecule has 0 amide bonds. The monoisotopic (exact) mass is 654 g/mol. The predicted octanol–water partition coefficient (Wildman–Crippen LogP) is 6.80. The van der Waals surface area contributed by atoms with Crippen LogP contribution in [0.15, 0.2) is 47.8 Å². The number of nitrogens with zero attached hydrogens (tertiary/aromatic N) is 2. The van der Waals surface area contributed by atoms with Crippen LogP contribution in [0.5, 0.6) is 0 Å². The molecule has 0 saturated carbocycles. The van der Waals surface area contributed by atoms with E-state index in [4.69, 9.17) is 9.47 Å². The number of hydrogen-bond donors (Lipinski definition) is 0. The number of ether oxygens (including phenoxy) is 2. The van der Waals surface area contributed by atoms with Crippen molar-refractivity contribution in [2.45, 2.75) is 118 Å². The van der Waals surface area contributed by atoms with Crippen molar-refractivity contribution < 1.29 is 28.7 Å². The van der Waals surface area contributed by atoms with Gasteiger partial charge in [0.25, 0.3) is 0 Å². The number of Topliss-reactive ketones (excluding diaryl/α,β-unsaturated/α-hetero) is 2. The third-order valence-corrected chi connectivity index (χ3v) is 10.7. The smallest absolute Gasteiger partial charge is 0.343 e. The van der Waals surface area contributed by atoms with Gasteiger partial charge in [0, 0.05) is 37.3 Å². The molecule has 0 N–H and O–H groups in total. The molecular formula is C40H50N2O6. The van der Waals surface area contributed by atoms with Crippen molar-refractivity contribution >= 4 is 23.5 Å². The second-order valence-electron chi connectivity index (χ2n) is 13.5. The molecule has 8 nitrogen and oxygen atoms in total. The molecule has 48 heavy (non-hydrogen) atoms. The van der Waals surface area contributed by atoms with Gasteiger partial charge < -0.3 is 19.3 Å². The first-order valence-corrected chi connectivity index (χ1v) is 17.5. The molecule has 4 unspecified atom stereocenters. The third-order valence-electron chi connectivity index (χ3n) is 10.7. The first-order chi connectivity index (χ1) is 22.9. The van der Waals surface area contributed by atoms with Gasteiger partial charge in [-0.05, 0) is 112 Å². The number of carbonyl (C=O) groups excluding carboxylic acids is 4. The lowest BCUT2D eigenvalue weighted by Crippen LogP contribution is -2.44. The van der Waals surface area contributed by atoms with E-state index in [0.717, 1.165) is 25.7 Å². The summed E-state index contributed by atoms with van der Waals surface area (Å²) in [4.78, 5) is 53.6. The van der Waals surface area contributed by atoms with Gasteiger partial charge in [-0.25, -0.2) is 9.59 Å². The molecule has 6 rings (SSSR count). The summed E-state index contributed by atoms with van der Waals surface area (Å²) in [5, 5.41) is 0. The standard InChI is InChI=1S/2C20H25NO3/c1-5-15-9-14-7-12(3)13(4)8-16(14)18-10-19(22)17(11-21(15)18)20(23)24-6-2;1-5-14-9-16-13(4)12(3)7-8-15(16)18-10-19(22)17(11-21(14)18)20(23)24-6-2/h7-8,11,15,18H,5-6,9-10H2,1-4H3;7-8,11,14,18H,5-6,9-10H2,1-4H3. The van der Waals surface area contributed by atoms with Crippen molar-refractivity contribution in [3.63, 3.8) is 0 Å². The quantitative estimate of drug-likeness (QED) is 0.248. The van der Waals surface area contributed by atoms with E-state index < -0.39 is 11.9 Å². The molecular weight excluding hydrogens is 604 g/mol. The van der Waals surface area contributed by atoms with E-state index in [2.05, 4.69) is 75.6 Å². The van der Waals surface area contributed by atoms with Gasteiger partial charge in [0.2, 0.25) is 0 Å². The second-order valence-corrected chi connectivity index (χ2v) is 13.5. The van der Waals surface area contributed by atoms with Gasteiger partial charge in [-0.15, -0.1) is 0 Å². The molecule has 256 valence electrons. The van der Waals surface area contributed by atoms with Gasteiger partial charge in [0.15, 0.2) is 11.6 Å². The summed E-state index contributed by atoms with van der Waals surface area (Å²) < 4.78 is 10.1. The lowest BCUT2D eigenvalue weighted by Gasteiger charge is -2.45. The molecule has 2 aromatic rings. The number of benzene rings is 2. The number of esters is 2. The fourth-order valence-electron chi connectivity index (χ4n) is 7.69. The topological polar surface area (TPSA) is 93.2 Å². The minimum atomic E-state index is -0.498. The van der Waals surface area contributed by atoms with E-state index in [0.29, 0.717) is 24.9 Å². The van der Waals surface area contributed by atoms with Crippen molar-refractivity contribution in [1.29, 1.82) is 0 Å². The van der Waals surface area contributed by atoms with E-state index in [1.807, 2.05) is 0 Å². The van der Waals surface area contributed by atoms with E-state index in [9.17, 15) is 19.2 Å². The fourth-order valence-corrected chi connectivity index (χ4v) is 7.69. The molecule has 4 atom stereocenters. The largest absolute Gasteiger partial charge is 0.462 e. The molecule has 4 aliphatic rings. The normalized spacial score (nSPS) is 22.6. The Morgan fingerprint density at radius 2 is 1.17 bits per heavy atom. The minimum Gasteiger partial charge on any atom is -0.462 e. The summed E-state index contributed by atoms with van der Waals surface area (Å²) in [5.41, 5.74) is 10.7. The van der Waals surface area contributed by atoms with Gasteiger partial charge in [-0.2, -0.15) is 0 Å². The van der Waals surface area contributed by atoms with E-state index in [1.54, 1.807) is 26.2 Å². The highest BCUT2D eigenvalue weighted by Crippen LogP contribution is 2.43. The second kappa shape index (κ2) is 14.5. The van der Waals surface area contributed by atoms with Crippen molar-refractivity contribution in [2.24, 2.45) is 0 Å². The maximum atomic E-state index is 12.5. The maximum Gasteiger partial charge on any atom is 0.343 e. The number of rotatable bonds is 6. The van der Waals surface area contributed by atoms with Crippen LogP contribution in [0, 0.1) is 27.7 Å². The average molecular weight is 655 g/mol. The summed E-state index contributed by atoms with van der Waals surface area (Å²) >= 11 is 0. The molecule has 0 aromatic heterocycles. The SMILES string of the molecule is CCOC(=O)C1=CN2C(CC)Cc3c(ccc(C)c3C)C2CC1=O.CCOC(=O)C1=CN2C(CC)Cc3cc(C)c(C)cc3C2CC1=O. The van der Waals surface area contributed by atoms with Gasteiger partial charge in [-0.3, -0.25) is 9.59 Å². The van der Waals surface area contributed by atoms with Crippen molar-refractivity contribution in [3.05, 3.63) is 92.3 Å². The van der Waals surface area contributed by atoms with E-state index in [1.165, 1.54) is 44.5 Å². The summed E-state index contributed by atoms with van der Waals surface area (Å²) in [7, 11) is 0. The molecule has 2 aromatic carbocycles. The van der Waals surface area contributed by atoms with Crippen LogP contribution in [0.2, 0.25) is 0 Å². The van der Waals surface area contributed by atoms with Gasteiger partial charge >= 0.3 is 11.9 Å². The van der Waals surface area contributed by atoms with Crippen LogP contribution < -0.4 is 0 Å². The Morgan fingerprint density at radius 3 is 1.69 bits per heavy atom. The highest BCUT2D eigenvalue weighted by atomic mass is 16.5. The number of aryl methyl sites for hydroxylation is 3. The zero-order valence-electron chi connectivity index (χ0n) is 29.8. The Kier molecular flexibility index (Phi) is 10.6. The Bertz CT molecular complexity index is 1630. The Morgan fingerprint density at radius 1 is 0.667 bits per heavy atom. The van der Waals surface area contributed by atoms with E-state index in [-0.39, 0.29) is 48.0 Å². The minimum absolute atomic E-state index is 0.0312.